The molecule has 0 aliphatic heterocycles. The van der Waals surface area contributed by atoms with Crippen LogP contribution in [-0.2, 0) is 14.3 Å². The smallest absolute Gasteiger partial charge is 0.339 e. The molecule has 0 aromatic heterocycles. The van der Waals surface area contributed by atoms with Crippen LogP contribution < -0.4 is 0 Å². The maximum absolute atomic E-state index is 12.2. The molecule has 0 amide bonds. The maximum Gasteiger partial charge on any atom is 0.339 e. The number of benzene rings is 1. The molecule has 0 spiro atoms. The van der Waals surface area contributed by atoms with Crippen molar-refractivity contribution in [2.45, 2.75) is 0 Å². The minimum atomic E-state index is -1.19. The van der Waals surface area contributed by atoms with E-state index in [1.165, 1.54) is 36.4 Å². The summed E-state index contributed by atoms with van der Waals surface area (Å²) in [6.07, 6.45) is 4.83. The van der Waals surface area contributed by atoms with Crippen LogP contribution >= 0.6 is 0 Å². The molecule has 1 N–H and O–H groups in total. The minimum Gasteiger partial charge on any atom is -0.478 e. The second-order valence-electron chi connectivity index (χ2n) is 4.22. The van der Waals surface area contributed by atoms with Gasteiger partial charge in [-0.2, -0.15) is 0 Å². The summed E-state index contributed by atoms with van der Waals surface area (Å²) < 4.78 is 9.88. The first-order chi connectivity index (χ1) is 11.0. The Morgan fingerprint density at radius 3 is 2.22 bits per heavy atom. The third kappa shape index (κ3) is 5.28. The van der Waals surface area contributed by atoms with Crippen molar-refractivity contribution < 1.29 is 29.0 Å². The summed E-state index contributed by atoms with van der Waals surface area (Å²) in [7, 11) is 0. The first-order valence-corrected chi connectivity index (χ1v) is 6.61. The Morgan fingerprint density at radius 2 is 1.65 bits per heavy atom. The van der Waals surface area contributed by atoms with E-state index in [0.29, 0.717) is 0 Å². The molecule has 23 heavy (non-hydrogen) atoms. The third-order valence-corrected chi connectivity index (χ3v) is 2.59. The lowest BCUT2D eigenvalue weighted by atomic mass is 10.0. The average molecular weight is 316 g/mol. The normalized spacial score (nSPS) is 10.1. The van der Waals surface area contributed by atoms with E-state index < -0.39 is 17.9 Å². The van der Waals surface area contributed by atoms with Crippen molar-refractivity contribution >= 4 is 24.0 Å². The highest BCUT2D eigenvalue weighted by Gasteiger charge is 2.22. The van der Waals surface area contributed by atoms with Crippen LogP contribution in [0.25, 0.3) is 6.08 Å². The van der Waals surface area contributed by atoms with E-state index in [4.69, 9.17) is 14.6 Å². The Hall–Kier alpha value is -3.15. The Morgan fingerprint density at radius 1 is 1.04 bits per heavy atom. The first-order valence-electron chi connectivity index (χ1n) is 6.61. The van der Waals surface area contributed by atoms with Crippen LogP contribution in [0.4, 0.5) is 0 Å². The highest BCUT2D eigenvalue weighted by molar-refractivity contribution is 6.06. The van der Waals surface area contributed by atoms with Gasteiger partial charge in [-0.1, -0.05) is 37.4 Å². The molecule has 1 aromatic carbocycles. The molecule has 0 saturated heterocycles. The van der Waals surface area contributed by atoms with Gasteiger partial charge in [-0.3, -0.25) is 0 Å². The lowest BCUT2D eigenvalue weighted by Gasteiger charge is -2.11. The largest absolute Gasteiger partial charge is 0.478 e. The predicted molar refractivity (Wildman–Crippen MR) is 84.1 cm³/mol. The van der Waals surface area contributed by atoms with Crippen LogP contribution in [0.1, 0.15) is 26.3 Å². The fraction of sp³-hybridized carbons (Fsp3) is 0.118. The molecule has 1 rings (SSSR count). The molecule has 0 unspecified atom stereocenters. The minimum absolute atomic E-state index is 0.0187. The van der Waals surface area contributed by atoms with Crippen molar-refractivity contribution in [2.24, 2.45) is 0 Å². The summed E-state index contributed by atoms with van der Waals surface area (Å²) in [6.45, 7) is 6.81. The number of hydrogen-bond donors (Lipinski definition) is 1. The molecule has 0 aliphatic rings. The molecule has 0 bridgehead atoms. The van der Waals surface area contributed by atoms with Gasteiger partial charge in [0.2, 0.25) is 0 Å². The van der Waals surface area contributed by atoms with Gasteiger partial charge in [0, 0.05) is 6.08 Å². The molecule has 6 nitrogen and oxygen atoms in total. The molecule has 0 radical (unpaired) electrons. The van der Waals surface area contributed by atoms with Gasteiger partial charge in [-0.25, -0.2) is 14.4 Å². The van der Waals surface area contributed by atoms with E-state index in [1.54, 1.807) is 0 Å². The van der Waals surface area contributed by atoms with Crippen LogP contribution in [0, 0.1) is 0 Å². The van der Waals surface area contributed by atoms with Crippen molar-refractivity contribution in [3.05, 3.63) is 66.3 Å². The van der Waals surface area contributed by atoms with Crippen molar-refractivity contribution in [1.29, 1.82) is 0 Å². The molecule has 0 fully saturated rings. The molecule has 6 heteroatoms. The van der Waals surface area contributed by atoms with Gasteiger partial charge in [0.25, 0.3) is 0 Å². The van der Waals surface area contributed by atoms with Crippen LogP contribution in [0.3, 0.4) is 0 Å². The van der Waals surface area contributed by atoms with Crippen LogP contribution in [0.2, 0.25) is 0 Å². The number of hydrogen-bond acceptors (Lipinski definition) is 5. The quantitative estimate of drug-likeness (QED) is 0.450. The lowest BCUT2D eigenvalue weighted by molar-refractivity contribution is -0.131. The zero-order chi connectivity index (χ0) is 17.2. The summed E-state index contributed by atoms with van der Waals surface area (Å²) in [5.41, 5.74) is 0.142. The van der Waals surface area contributed by atoms with Crippen LogP contribution in [0.5, 0.6) is 0 Å². The summed E-state index contributed by atoms with van der Waals surface area (Å²) >= 11 is 0. The van der Waals surface area contributed by atoms with E-state index >= 15 is 0 Å². The van der Waals surface area contributed by atoms with Crippen molar-refractivity contribution in [3.8, 4) is 0 Å². The van der Waals surface area contributed by atoms with Crippen LogP contribution in [-0.4, -0.2) is 36.2 Å². The zero-order valence-corrected chi connectivity index (χ0v) is 12.4. The summed E-state index contributed by atoms with van der Waals surface area (Å²) in [5.74, 6) is -2.70. The Kier molecular flexibility index (Phi) is 7.00. The molecule has 0 atom stereocenters. The fourth-order valence-corrected chi connectivity index (χ4v) is 1.69. The van der Waals surface area contributed by atoms with Gasteiger partial charge in [0.1, 0.15) is 13.2 Å². The number of carboxylic acid groups (broad SMARTS) is 1. The van der Waals surface area contributed by atoms with E-state index in [0.717, 1.165) is 6.08 Å². The summed E-state index contributed by atoms with van der Waals surface area (Å²) in [6, 6.07) is 4.40. The van der Waals surface area contributed by atoms with Gasteiger partial charge in [-0.15, -0.1) is 0 Å². The molecular formula is C17H16O6. The molecule has 0 aliphatic carbocycles. The zero-order valence-electron chi connectivity index (χ0n) is 12.4. The highest BCUT2D eigenvalue weighted by atomic mass is 16.5. The Balaban J connectivity index is 3.32. The van der Waals surface area contributed by atoms with Crippen molar-refractivity contribution in [3.63, 3.8) is 0 Å². The molecular weight excluding hydrogens is 300 g/mol. The Labute approximate surface area is 133 Å². The van der Waals surface area contributed by atoms with Crippen LogP contribution in [0.15, 0.2) is 49.6 Å². The summed E-state index contributed by atoms with van der Waals surface area (Å²) in [5, 5.41) is 8.72. The predicted octanol–water partition coefficient (Wildman–Crippen LogP) is 2.47. The molecule has 0 heterocycles. The number of rotatable bonds is 8. The van der Waals surface area contributed by atoms with E-state index in [2.05, 4.69) is 13.2 Å². The standard InChI is InChI=1S/C17H16O6/c1-3-10-22-16(20)13-7-5-6-12(8-9-14(18)19)15(13)17(21)23-11-4-2/h3-9H,1-2,10-11H2,(H,18,19). The monoisotopic (exact) mass is 316 g/mol. The molecule has 120 valence electrons. The SMILES string of the molecule is C=CCOC(=O)c1cccc(C=CC(=O)O)c1C(=O)OCC=C. The topological polar surface area (TPSA) is 89.9 Å². The van der Waals surface area contributed by atoms with Crippen molar-refractivity contribution in [1.82, 2.24) is 0 Å². The lowest BCUT2D eigenvalue weighted by Crippen LogP contribution is -2.16. The van der Waals surface area contributed by atoms with Crippen molar-refractivity contribution in [2.75, 3.05) is 13.2 Å². The second kappa shape index (κ2) is 8.99. The van der Waals surface area contributed by atoms with E-state index in [1.807, 2.05) is 0 Å². The second-order valence-corrected chi connectivity index (χ2v) is 4.22. The number of aliphatic carboxylic acids is 1. The number of carbonyl (C=O) groups is 3. The molecule has 1 aromatic rings. The highest BCUT2D eigenvalue weighted by Crippen LogP contribution is 2.19. The number of ether oxygens (including phenoxy) is 2. The third-order valence-electron chi connectivity index (χ3n) is 2.59. The van der Waals surface area contributed by atoms with Gasteiger partial charge < -0.3 is 14.6 Å². The number of carboxylic acids is 1. The molecule has 0 saturated carbocycles. The Bertz CT molecular complexity index is 657. The van der Waals surface area contributed by atoms with E-state index in [-0.39, 0.29) is 29.9 Å². The van der Waals surface area contributed by atoms with Gasteiger partial charge in [0.05, 0.1) is 11.1 Å². The van der Waals surface area contributed by atoms with Gasteiger partial charge in [-0.05, 0) is 17.7 Å². The first kappa shape index (κ1) is 17.9. The van der Waals surface area contributed by atoms with Gasteiger partial charge >= 0.3 is 17.9 Å². The van der Waals surface area contributed by atoms with Gasteiger partial charge in [0.15, 0.2) is 0 Å². The fourth-order valence-electron chi connectivity index (χ4n) is 1.69. The number of esters is 2. The maximum atomic E-state index is 12.2. The number of carbonyl (C=O) groups excluding carboxylic acids is 2. The average Bonchev–Trinajstić information content (AvgIpc) is 2.55. The van der Waals surface area contributed by atoms with E-state index in [9.17, 15) is 14.4 Å². The summed E-state index contributed by atoms with van der Waals surface area (Å²) in [4.78, 5) is 34.9.